The second kappa shape index (κ2) is 1.71. The van der Waals surface area contributed by atoms with Gasteiger partial charge in [0.25, 0.3) is 0 Å². The van der Waals surface area contributed by atoms with Crippen molar-refractivity contribution < 1.29 is 0 Å². The van der Waals surface area contributed by atoms with Crippen molar-refractivity contribution in [2.24, 2.45) is 0 Å². The van der Waals surface area contributed by atoms with Gasteiger partial charge in [-0.3, -0.25) is 0 Å². The zero-order chi connectivity index (χ0) is 3.58. The van der Waals surface area contributed by atoms with Gasteiger partial charge in [0, 0.05) is 0 Å². The molecule has 0 aromatic rings. The summed E-state index contributed by atoms with van der Waals surface area (Å²) in [6.07, 6.45) is 3.94. The fourth-order valence-corrected chi connectivity index (χ4v) is 0. The minimum absolute atomic E-state index is 0.139. The quantitative estimate of drug-likeness (QED) is 0.278. The van der Waals surface area contributed by atoms with Crippen LogP contribution in [0.25, 0.3) is 0 Å². The van der Waals surface area contributed by atoms with Crippen molar-refractivity contribution in [2.75, 3.05) is 12.5 Å². The van der Waals surface area contributed by atoms with Crippen LogP contribution >= 0.6 is 0 Å². The number of hydrogen-bond acceptors (Lipinski definition) is 1. The van der Waals surface area contributed by atoms with Crippen LogP contribution in [0.4, 0.5) is 0 Å². The third kappa shape index (κ3) is 28.1. The van der Waals surface area contributed by atoms with Crippen LogP contribution in [0.5, 0.6) is 0 Å². The number of rotatable bonds is 0. The van der Waals surface area contributed by atoms with Crippen LogP contribution in [-0.2, 0) is 10.1 Å². The van der Waals surface area contributed by atoms with Crippen molar-refractivity contribution in [1.29, 1.82) is 0 Å². The first kappa shape index (κ1) is 4.41. The molecule has 0 rings (SSSR count). The third-order valence-electron chi connectivity index (χ3n) is 0. The maximum absolute atomic E-state index is 5.14. The van der Waals surface area contributed by atoms with E-state index in [0.29, 0.717) is 0 Å². The molecule has 0 atom stereocenters. The maximum atomic E-state index is 5.14. The van der Waals surface area contributed by atoms with Gasteiger partial charge < -0.3 is 0 Å². The minimum atomic E-state index is 0.139. The summed E-state index contributed by atoms with van der Waals surface area (Å²) in [5.74, 6) is 0. The summed E-state index contributed by atoms with van der Waals surface area (Å²) in [6.45, 7) is 5.14. The molecule has 0 aliphatic rings. The topological polar surface area (TPSA) is 0 Å². The van der Waals surface area contributed by atoms with Crippen LogP contribution in [-0.4, -0.2) is 19.0 Å². The van der Waals surface area contributed by atoms with Crippen molar-refractivity contribution in [3.05, 3.63) is 0 Å². The first-order chi connectivity index (χ1) is 1.73. The molecule has 0 spiro atoms. The molecule has 0 unspecified atom stereocenters. The molecular weight excluding hydrogens is 66.9 g/mol. The Morgan fingerprint density at radius 1 is 1.50 bits per heavy atom. The van der Waals surface area contributed by atoms with Crippen molar-refractivity contribution in [3.63, 3.8) is 0 Å². The molecule has 0 amide bonds. The molecule has 0 saturated heterocycles. The molecule has 0 aromatic carbocycles. The Labute approximate surface area is 30.0 Å². The van der Waals surface area contributed by atoms with Gasteiger partial charge in [-0.15, -0.1) is 0 Å². The second-order valence-electron chi connectivity index (χ2n) is 0.880. The fourth-order valence-electron chi connectivity index (χ4n) is 0. The van der Waals surface area contributed by atoms with E-state index >= 15 is 0 Å². The van der Waals surface area contributed by atoms with Gasteiger partial charge in [-0.25, -0.2) is 0 Å². The van der Waals surface area contributed by atoms with Crippen LogP contribution in [0.3, 0.4) is 0 Å². The van der Waals surface area contributed by atoms with E-state index in [1.807, 2.05) is 12.5 Å². The Morgan fingerprint density at radius 2 is 1.50 bits per heavy atom. The summed E-state index contributed by atoms with van der Waals surface area (Å²) in [7, 11) is 0.139. The Morgan fingerprint density at radius 3 is 1.50 bits per heavy atom. The summed E-state index contributed by atoms with van der Waals surface area (Å²) < 4.78 is 0. The monoisotopic (exact) mass is 73.0 g/mol. The van der Waals surface area contributed by atoms with Gasteiger partial charge in [-0.1, -0.05) is 0 Å². The summed E-state index contributed by atoms with van der Waals surface area (Å²) in [4.78, 5) is 0. The standard InChI is InChI=1S/C2H6BS/c1-4(2)3/h1-2H3/q-1. The van der Waals surface area contributed by atoms with Crippen LogP contribution in [0.1, 0.15) is 0 Å². The molecule has 0 aromatic heterocycles. The van der Waals surface area contributed by atoms with Crippen LogP contribution in [0.15, 0.2) is 0 Å². The molecule has 0 saturated carbocycles. The van der Waals surface area contributed by atoms with Gasteiger partial charge in [-0.05, 0) is 0 Å². The summed E-state index contributed by atoms with van der Waals surface area (Å²) in [6, 6.07) is 0. The van der Waals surface area contributed by atoms with E-state index < -0.39 is 0 Å². The third-order valence-corrected chi connectivity index (χ3v) is 0. The van der Waals surface area contributed by atoms with Gasteiger partial charge >= 0.3 is 29.2 Å². The van der Waals surface area contributed by atoms with E-state index in [0.717, 1.165) is 0 Å². The predicted molar refractivity (Wildman–Crippen MR) is 25.0 cm³/mol. The molecule has 2 heteroatoms. The second-order valence-corrected chi connectivity index (χ2v) is 2.64. The van der Waals surface area contributed by atoms with Crippen LogP contribution in [0.2, 0.25) is 0 Å². The zero-order valence-electron chi connectivity index (χ0n) is 2.99. The molecule has 0 bridgehead atoms. The molecule has 0 heterocycles. The zero-order valence-corrected chi connectivity index (χ0v) is 3.80. The van der Waals surface area contributed by atoms with E-state index in [-0.39, 0.29) is 10.1 Å². The fraction of sp³-hybridized carbons (Fsp3) is 1.00. The van der Waals surface area contributed by atoms with Crippen LogP contribution in [0, 0.1) is 0 Å². The molecular formula is C2H6BS-. The molecule has 0 N–H and O–H groups in total. The van der Waals surface area contributed by atoms with E-state index in [1.54, 1.807) is 0 Å². The van der Waals surface area contributed by atoms with Crippen molar-refractivity contribution in [3.8, 4) is 0 Å². The average Bonchev–Trinajstić information content (AvgIpc) is 0.811. The van der Waals surface area contributed by atoms with Gasteiger partial charge in [0.15, 0.2) is 0 Å². The molecule has 0 aliphatic heterocycles. The first-order valence-electron chi connectivity index (χ1n) is 1.05. The average molecular weight is 72.9 g/mol. The van der Waals surface area contributed by atoms with Crippen molar-refractivity contribution in [2.45, 2.75) is 0 Å². The van der Waals surface area contributed by atoms with E-state index in [9.17, 15) is 0 Å². The van der Waals surface area contributed by atoms with Crippen LogP contribution < -0.4 is 0 Å². The Kier molecular flexibility index (Phi) is 1.88. The van der Waals surface area contributed by atoms with Gasteiger partial charge in [0.1, 0.15) is 0 Å². The summed E-state index contributed by atoms with van der Waals surface area (Å²) in [5, 5.41) is 0. The van der Waals surface area contributed by atoms with Gasteiger partial charge in [0.2, 0.25) is 0 Å². The SMILES string of the molecule is B#[S-](C)C. The van der Waals surface area contributed by atoms with E-state index in [2.05, 4.69) is 0 Å². The Bertz CT molecular complexity index is 52.2. The molecule has 0 aliphatic carbocycles. The molecule has 0 radical (unpaired) electrons. The Hall–Kier alpha value is 0.415. The van der Waals surface area contributed by atoms with Crippen molar-refractivity contribution in [1.82, 2.24) is 0 Å². The molecule has 0 fully saturated rings. The van der Waals surface area contributed by atoms with Gasteiger partial charge in [0.05, 0.1) is 0 Å². The van der Waals surface area contributed by atoms with Gasteiger partial charge in [-0.2, -0.15) is 0 Å². The Balaban J connectivity index is 3.02. The molecule has 0 nitrogen and oxygen atoms in total. The molecule has 4 heavy (non-hydrogen) atoms. The van der Waals surface area contributed by atoms with E-state index in [1.165, 1.54) is 0 Å². The van der Waals surface area contributed by atoms with Crippen molar-refractivity contribution >= 4 is 16.7 Å². The normalized spacial score (nSPS) is 9.25. The predicted octanol–water partition coefficient (Wildman–Crippen LogP) is -0.0522. The summed E-state index contributed by atoms with van der Waals surface area (Å²) in [5.41, 5.74) is 0. The number of hydrogen-bond donors (Lipinski definition) is 0. The van der Waals surface area contributed by atoms with E-state index in [4.69, 9.17) is 6.53 Å². The molecule has 24 valence electrons. The summed E-state index contributed by atoms with van der Waals surface area (Å²) >= 11 is 0. The first-order valence-corrected chi connectivity index (χ1v) is 3.16.